The van der Waals surface area contributed by atoms with Crippen molar-refractivity contribution in [3.63, 3.8) is 0 Å². The second kappa shape index (κ2) is 7.25. The van der Waals surface area contributed by atoms with Gasteiger partial charge in [0.25, 0.3) is 0 Å². The van der Waals surface area contributed by atoms with Crippen LogP contribution in [0.5, 0.6) is 0 Å². The molecule has 0 aliphatic rings. The van der Waals surface area contributed by atoms with Crippen molar-refractivity contribution < 1.29 is 13.7 Å². The molecule has 3 N–H and O–H groups in total. The first-order chi connectivity index (χ1) is 8.95. The lowest BCUT2D eigenvalue weighted by molar-refractivity contribution is -0.119. The molecule has 0 aliphatic carbocycles. The smallest absolute Gasteiger partial charge is 0.233 e. The maximum atomic E-state index is 12.1. The fraction of sp³-hybridized carbons (Fsp3) is 0.462. The van der Waals surface area contributed by atoms with Crippen LogP contribution in [0.1, 0.15) is 12.5 Å². The van der Waals surface area contributed by atoms with Crippen LogP contribution in [0.25, 0.3) is 0 Å². The van der Waals surface area contributed by atoms with Crippen LogP contribution in [-0.4, -0.2) is 35.6 Å². The Bertz CT molecular complexity index is 477. The average molecular weight is 284 g/mol. The first-order valence-electron chi connectivity index (χ1n) is 5.97. The molecular weight excluding hydrogens is 264 g/mol. The maximum absolute atomic E-state index is 12.1. The lowest BCUT2D eigenvalue weighted by Crippen LogP contribution is -2.38. The first kappa shape index (κ1) is 15.7. The standard InChI is InChI=1S/C13H20N2O3S/c1-9(7-18-3)15-13(16)8-19(17)12-6-4-5-11(14)10(12)2/h4-6,9H,7-8,14H2,1-3H3,(H,15,16). The topological polar surface area (TPSA) is 81.4 Å². The van der Waals surface area contributed by atoms with Crippen LogP contribution in [0.15, 0.2) is 23.1 Å². The Labute approximate surface area is 116 Å². The summed E-state index contributed by atoms with van der Waals surface area (Å²) in [7, 11) is 0.178. The van der Waals surface area contributed by atoms with Crippen LogP contribution in [0.4, 0.5) is 5.69 Å². The zero-order chi connectivity index (χ0) is 14.4. The number of anilines is 1. The number of benzene rings is 1. The first-order valence-corrected chi connectivity index (χ1v) is 7.29. The fourth-order valence-electron chi connectivity index (χ4n) is 1.68. The van der Waals surface area contributed by atoms with Crippen molar-refractivity contribution in [2.24, 2.45) is 0 Å². The van der Waals surface area contributed by atoms with Gasteiger partial charge in [0.05, 0.1) is 17.4 Å². The highest BCUT2D eigenvalue weighted by molar-refractivity contribution is 7.85. The quantitative estimate of drug-likeness (QED) is 0.758. The third-order valence-electron chi connectivity index (χ3n) is 2.66. The van der Waals surface area contributed by atoms with Gasteiger partial charge in [-0.15, -0.1) is 0 Å². The second-order valence-electron chi connectivity index (χ2n) is 4.38. The molecule has 6 heteroatoms. The van der Waals surface area contributed by atoms with Crippen LogP contribution < -0.4 is 11.1 Å². The molecular formula is C13H20N2O3S. The highest BCUT2D eigenvalue weighted by Crippen LogP contribution is 2.19. The Morgan fingerprint density at radius 2 is 2.21 bits per heavy atom. The number of nitrogens with two attached hydrogens (primary N) is 1. The molecule has 106 valence electrons. The number of hydrogen-bond acceptors (Lipinski definition) is 4. The minimum absolute atomic E-state index is 0.0711. The lowest BCUT2D eigenvalue weighted by atomic mass is 10.2. The summed E-state index contributed by atoms with van der Waals surface area (Å²) in [6, 6.07) is 5.11. The third-order valence-corrected chi connectivity index (χ3v) is 4.11. The van der Waals surface area contributed by atoms with Gasteiger partial charge in [-0.25, -0.2) is 0 Å². The van der Waals surface area contributed by atoms with Gasteiger partial charge in [0.2, 0.25) is 5.91 Å². The van der Waals surface area contributed by atoms with Crippen LogP contribution in [0.2, 0.25) is 0 Å². The Balaban J connectivity index is 2.64. The molecule has 1 rings (SSSR count). The van der Waals surface area contributed by atoms with E-state index >= 15 is 0 Å². The molecule has 1 aromatic carbocycles. The molecule has 0 aromatic heterocycles. The minimum Gasteiger partial charge on any atom is -0.398 e. The highest BCUT2D eigenvalue weighted by atomic mass is 32.2. The molecule has 0 bridgehead atoms. The van der Waals surface area contributed by atoms with Crippen molar-refractivity contribution >= 4 is 22.4 Å². The zero-order valence-electron chi connectivity index (χ0n) is 11.4. The lowest BCUT2D eigenvalue weighted by Gasteiger charge is -2.13. The summed E-state index contributed by atoms with van der Waals surface area (Å²) in [5.41, 5.74) is 7.10. The van der Waals surface area contributed by atoms with Crippen molar-refractivity contribution in [3.05, 3.63) is 23.8 Å². The number of amides is 1. The summed E-state index contributed by atoms with van der Waals surface area (Å²) in [4.78, 5) is 12.3. The Morgan fingerprint density at radius 1 is 1.53 bits per heavy atom. The van der Waals surface area contributed by atoms with E-state index in [2.05, 4.69) is 5.32 Å². The second-order valence-corrected chi connectivity index (χ2v) is 5.80. The number of nitrogens with one attached hydrogen (secondary N) is 1. The third kappa shape index (κ3) is 4.65. The van der Waals surface area contributed by atoms with Crippen LogP contribution >= 0.6 is 0 Å². The molecule has 0 aliphatic heterocycles. The summed E-state index contributed by atoms with van der Waals surface area (Å²) in [5.74, 6) is -0.331. The molecule has 0 saturated heterocycles. The predicted molar refractivity (Wildman–Crippen MR) is 76.3 cm³/mol. The van der Waals surface area contributed by atoms with E-state index in [-0.39, 0.29) is 17.7 Å². The number of methoxy groups -OCH3 is 1. The Kier molecular flexibility index (Phi) is 5.98. The van der Waals surface area contributed by atoms with Crippen molar-refractivity contribution in [1.82, 2.24) is 5.32 Å². The van der Waals surface area contributed by atoms with Gasteiger partial charge in [0.1, 0.15) is 5.75 Å². The summed E-state index contributed by atoms with van der Waals surface area (Å²) < 4.78 is 17.1. The van der Waals surface area contributed by atoms with Crippen molar-refractivity contribution in [2.45, 2.75) is 24.8 Å². The Morgan fingerprint density at radius 3 is 2.84 bits per heavy atom. The van der Waals surface area contributed by atoms with Gasteiger partial charge in [-0.05, 0) is 31.5 Å². The summed E-state index contributed by atoms with van der Waals surface area (Å²) >= 11 is 0. The molecule has 0 fully saturated rings. The van der Waals surface area contributed by atoms with Crippen molar-refractivity contribution in [3.8, 4) is 0 Å². The van der Waals surface area contributed by atoms with Gasteiger partial charge in [0, 0.05) is 23.7 Å². The number of carbonyl (C=O) groups excluding carboxylic acids is 1. The van der Waals surface area contributed by atoms with E-state index < -0.39 is 10.8 Å². The molecule has 2 atom stereocenters. The van der Waals surface area contributed by atoms with E-state index in [0.717, 1.165) is 5.56 Å². The van der Waals surface area contributed by atoms with Gasteiger partial charge < -0.3 is 15.8 Å². The van der Waals surface area contributed by atoms with E-state index in [0.29, 0.717) is 17.2 Å². The molecule has 0 spiro atoms. The zero-order valence-corrected chi connectivity index (χ0v) is 12.3. The monoisotopic (exact) mass is 284 g/mol. The predicted octanol–water partition coefficient (Wildman–Crippen LogP) is 0.836. The molecule has 1 amide bonds. The molecule has 2 unspecified atom stereocenters. The van der Waals surface area contributed by atoms with Gasteiger partial charge in [-0.3, -0.25) is 9.00 Å². The molecule has 1 aromatic rings. The largest absolute Gasteiger partial charge is 0.398 e. The Hall–Kier alpha value is -1.40. The average Bonchev–Trinajstić information content (AvgIpc) is 2.32. The van der Waals surface area contributed by atoms with Gasteiger partial charge in [-0.2, -0.15) is 0 Å². The van der Waals surface area contributed by atoms with E-state index in [1.54, 1.807) is 32.2 Å². The number of hydrogen-bond donors (Lipinski definition) is 2. The van der Waals surface area contributed by atoms with Gasteiger partial charge in [-0.1, -0.05) is 6.07 Å². The summed E-state index contributed by atoms with van der Waals surface area (Å²) in [6.07, 6.45) is 0. The minimum atomic E-state index is -1.39. The van der Waals surface area contributed by atoms with Crippen LogP contribution in [0, 0.1) is 6.92 Å². The molecule has 0 saturated carbocycles. The number of ether oxygens (including phenoxy) is 1. The summed E-state index contributed by atoms with van der Waals surface area (Å²) in [5, 5.41) is 2.73. The number of carbonyl (C=O) groups is 1. The molecule has 5 nitrogen and oxygen atoms in total. The molecule has 0 heterocycles. The normalized spacial score (nSPS) is 13.8. The van der Waals surface area contributed by atoms with E-state index in [9.17, 15) is 9.00 Å². The van der Waals surface area contributed by atoms with E-state index in [1.807, 2.05) is 6.92 Å². The SMILES string of the molecule is COCC(C)NC(=O)CS(=O)c1cccc(N)c1C. The highest BCUT2D eigenvalue weighted by Gasteiger charge is 2.14. The molecule has 19 heavy (non-hydrogen) atoms. The van der Waals surface area contributed by atoms with Gasteiger partial charge >= 0.3 is 0 Å². The maximum Gasteiger partial charge on any atom is 0.233 e. The van der Waals surface area contributed by atoms with E-state index in [4.69, 9.17) is 10.5 Å². The van der Waals surface area contributed by atoms with Crippen LogP contribution in [-0.2, 0) is 20.3 Å². The van der Waals surface area contributed by atoms with Crippen LogP contribution in [0.3, 0.4) is 0 Å². The fourth-order valence-corrected chi connectivity index (χ4v) is 2.85. The van der Waals surface area contributed by atoms with Crippen molar-refractivity contribution in [1.29, 1.82) is 0 Å². The molecule has 0 radical (unpaired) electrons. The van der Waals surface area contributed by atoms with E-state index in [1.165, 1.54) is 0 Å². The van der Waals surface area contributed by atoms with Crippen molar-refractivity contribution in [2.75, 3.05) is 25.2 Å². The number of nitrogen functional groups attached to an aromatic ring is 1. The summed E-state index contributed by atoms with van der Waals surface area (Å²) in [6.45, 7) is 4.06. The number of rotatable bonds is 6. The van der Waals surface area contributed by atoms with Gasteiger partial charge in [0.15, 0.2) is 0 Å².